The fourth-order valence-electron chi connectivity index (χ4n) is 2.57. The van der Waals surface area contributed by atoms with E-state index in [1.54, 1.807) is 32.4 Å². The zero-order valence-corrected chi connectivity index (χ0v) is 16.4. The summed E-state index contributed by atoms with van der Waals surface area (Å²) >= 11 is 0. The van der Waals surface area contributed by atoms with E-state index in [4.69, 9.17) is 14.7 Å². The topological polar surface area (TPSA) is 71.4 Å². The smallest absolute Gasteiger partial charge is 0.248 e. The second-order valence-electron chi connectivity index (χ2n) is 6.04. The first-order valence-electron chi connectivity index (χ1n) is 8.97. The van der Waals surface area contributed by atoms with Crippen molar-refractivity contribution in [3.05, 3.63) is 71.3 Å². The zero-order chi connectivity index (χ0) is 20.4. The lowest BCUT2D eigenvalue weighted by Gasteiger charge is -2.08. The molecule has 0 heterocycles. The van der Waals surface area contributed by atoms with Crippen molar-refractivity contribution in [2.45, 2.75) is 19.8 Å². The molecule has 0 saturated heterocycles. The SMILES string of the molecule is CCC(/C=C/C(=O)Nc1ccc(CC#N)cc1)=C\c1ccc(OC)cc1OC. The summed E-state index contributed by atoms with van der Waals surface area (Å²) in [4.78, 5) is 12.2. The van der Waals surface area contributed by atoms with E-state index in [2.05, 4.69) is 11.4 Å². The number of carbonyl (C=O) groups excluding carboxylic acids is 1. The number of hydrogen-bond acceptors (Lipinski definition) is 4. The number of nitrogens with one attached hydrogen (secondary N) is 1. The molecule has 1 amide bonds. The quantitative estimate of drug-likeness (QED) is 0.533. The highest BCUT2D eigenvalue weighted by molar-refractivity contribution is 5.99. The average molecular weight is 376 g/mol. The standard InChI is InChI=1S/C23H24N2O3/c1-4-17(15-19-8-11-21(27-2)16-22(19)28-3)7-12-23(26)25-20-9-5-18(6-10-20)13-14-24/h5-12,15-16H,4,13H2,1-3H3,(H,25,26)/b12-7+,17-15+. The highest BCUT2D eigenvalue weighted by atomic mass is 16.5. The fraction of sp³-hybridized carbons (Fsp3) is 0.217. The van der Waals surface area contributed by atoms with Crippen LogP contribution in [0.5, 0.6) is 11.5 Å². The molecule has 2 aromatic rings. The summed E-state index contributed by atoms with van der Waals surface area (Å²) < 4.78 is 10.6. The van der Waals surface area contributed by atoms with Crippen LogP contribution >= 0.6 is 0 Å². The van der Waals surface area contributed by atoms with Gasteiger partial charge in [-0.25, -0.2) is 0 Å². The van der Waals surface area contributed by atoms with Gasteiger partial charge in [0, 0.05) is 23.4 Å². The van der Waals surface area contributed by atoms with Crippen molar-refractivity contribution >= 4 is 17.7 Å². The predicted octanol–water partition coefficient (Wildman–Crippen LogP) is 4.76. The van der Waals surface area contributed by atoms with Crippen LogP contribution in [0, 0.1) is 11.3 Å². The summed E-state index contributed by atoms with van der Waals surface area (Å²) in [6.45, 7) is 2.03. The van der Waals surface area contributed by atoms with E-state index in [0.717, 1.165) is 28.9 Å². The van der Waals surface area contributed by atoms with Crippen LogP contribution in [-0.4, -0.2) is 20.1 Å². The number of amides is 1. The average Bonchev–Trinajstić information content (AvgIpc) is 2.72. The van der Waals surface area contributed by atoms with E-state index in [9.17, 15) is 4.79 Å². The molecule has 0 aromatic heterocycles. The highest BCUT2D eigenvalue weighted by Gasteiger charge is 2.04. The molecule has 0 atom stereocenters. The summed E-state index contributed by atoms with van der Waals surface area (Å²) in [7, 11) is 3.23. The molecule has 0 unspecified atom stereocenters. The second kappa shape index (κ2) is 10.6. The van der Waals surface area contributed by atoms with Gasteiger partial charge in [-0.05, 0) is 47.9 Å². The third kappa shape index (κ3) is 6.03. The van der Waals surface area contributed by atoms with Crippen molar-refractivity contribution in [1.29, 1.82) is 5.26 Å². The fourth-order valence-corrected chi connectivity index (χ4v) is 2.57. The van der Waals surface area contributed by atoms with E-state index >= 15 is 0 Å². The van der Waals surface area contributed by atoms with Crippen molar-refractivity contribution in [2.75, 3.05) is 19.5 Å². The molecular weight excluding hydrogens is 352 g/mol. The van der Waals surface area contributed by atoms with Crippen LogP contribution in [0.4, 0.5) is 5.69 Å². The Labute approximate surface area is 165 Å². The Kier molecular flexibility index (Phi) is 7.86. The molecule has 0 radical (unpaired) electrons. The molecule has 5 heteroatoms. The first kappa shape index (κ1) is 20.8. The summed E-state index contributed by atoms with van der Waals surface area (Å²) in [5.41, 5.74) is 3.51. The van der Waals surface area contributed by atoms with Crippen molar-refractivity contribution in [2.24, 2.45) is 0 Å². The minimum Gasteiger partial charge on any atom is -0.497 e. The van der Waals surface area contributed by atoms with Gasteiger partial charge in [-0.3, -0.25) is 4.79 Å². The number of carbonyl (C=O) groups is 1. The molecule has 2 aromatic carbocycles. The molecule has 2 rings (SSSR count). The van der Waals surface area contributed by atoms with Gasteiger partial charge in [0.05, 0.1) is 26.7 Å². The van der Waals surface area contributed by atoms with Gasteiger partial charge in [0.1, 0.15) is 11.5 Å². The Hall–Kier alpha value is -3.52. The van der Waals surface area contributed by atoms with Gasteiger partial charge in [-0.1, -0.05) is 25.1 Å². The third-order valence-electron chi connectivity index (χ3n) is 4.14. The molecule has 0 saturated carbocycles. The molecule has 0 bridgehead atoms. The molecule has 1 N–H and O–H groups in total. The maximum absolute atomic E-state index is 12.2. The van der Waals surface area contributed by atoms with Gasteiger partial charge in [0.25, 0.3) is 0 Å². The van der Waals surface area contributed by atoms with E-state index in [-0.39, 0.29) is 5.91 Å². The third-order valence-corrected chi connectivity index (χ3v) is 4.14. The molecule has 5 nitrogen and oxygen atoms in total. The number of ether oxygens (including phenoxy) is 2. The Morgan fingerprint density at radius 1 is 1.11 bits per heavy atom. The number of nitrogens with zero attached hydrogens (tertiary/aromatic N) is 1. The van der Waals surface area contributed by atoms with Crippen LogP contribution in [0.25, 0.3) is 6.08 Å². The number of benzene rings is 2. The van der Waals surface area contributed by atoms with Gasteiger partial charge in [0.2, 0.25) is 5.91 Å². The normalized spacial score (nSPS) is 11.1. The number of allylic oxidation sites excluding steroid dienone is 2. The molecular formula is C23H24N2O3. The van der Waals surface area contributed by atoms with Crippen molar-refractivity contribution in [3.8, 4) is 17.6 Å². The molecule has 144 valence electrons. The van der Waals surface area contributed by atoms with Crippen LogP contribution < -0.4 is 14.8 Å². The van der Waals surface area contributed by atoms with Crippen LogP contribution in [-0.2, 0) is 11.2 Å². The van der Waals surface area contributed by atoms with Gasteiger partial charge in [0.15, 0.2) is 0 Å². The molecule has 0 aliphatic carbocycles. The van der Waals surface area contributed by atoms with Gasteiger partial charge in [-0.15, -0.1) is 0 Å². The number of anilines is 1. The monoisotopic (exact) mass is 376 g/mol. The van der Waals surface area contributed by atoms with Crippen molar-refractivity contribution in [1.82, 2.24) is 0 Å². The number of hydrogen-bond donors (Lipinski definition) is 1. The number of nitriles is 1. The lowest BCUT2D eigenvalue weighted by Crippen LogP contribution is -2.07. The molecule has 0 aliphatic heterocycles. The Morgan fingerprint density at radius 3 is 2.46 bits per heavy atom. The van der Waals surface area contributed by atoms with E-state index < -0.39 is 0 Å². The molecule has 0 fully saturated rings. The maximum Gasteiger partial charge on any atom is 0.248 e. The Morgan fingerprint density at radius 2 is 1.86 bits per heavy atom. The number of methoxy groups -OCH3 is 2. The molecule has 0 aliphatic rings. The van der Waals surface area contributed by atoms with Crippen LogP contribution in [0.2, 0.25) is 0 Å². The minimum absolute atomic E-state index is 0.214. The van der Waals surface area contributed by atoms with Gasteiger partial charge in [-0.2, -0.15) is 5.26 Å². The van der Waals surface area contributed by atoms with E-state index in [1.165, 1.54) is 6.08 Å². The first-order valence-corrected chi connectivity index (χ1v) is 8.97. The van der Waals surface area contributed by atoms with Crippen LogP contribution in [0.1, 0.15) is 24.5 Å². The van der Waals surface area contributed by atoms with E-state index in [1.807, 2.05) is 43.3 Å². The van der Waals surface area contributed by atoms with Gasteiger partial charge >= 0.3 is 0 Å². The lowest BCUT2D eigenvalue weighted by atomic mass is 10.1. The first-order chi connectivity index (χ1) is 13.6. The summed E-state index contributed by atoms with van der Waals surface area (Å²) in [6.07, 6.45) is 6.41. The largest absolute Gasteiger partial charge is 0.497 e. The summed E-state index contributed by atoms with van der Waals surface area (Å²) in [5, 5.41) is 11.5. The van der Waals surface area contributed by atoms with Crippen molar-refractivity contribution in [3.63, 3.8) is 0 Å². The summed E-state index contributed by atoms with van der Waals surface area (Å²) in [6, 6.07) is 14.9. The summed E-state index contributed by atoms with van der Waals surface area (Å²) in [5.74, 6) is 1.22. The second-order valence-corrected chi connectivity index (χ2v) is 6.04. The molecule has 28 heavy (non-hydrogen) atoms. The maximum atomic E-state index is 12.2. The number of rotatable bonds is 8. The van der Waals surface area contributed by atoms with Crippen LogP contribution in [0.15, 0.2) is 60.2 Å². The predicted molar refractivity (Wildman–Crippen MR) is 111 cm³/mol. The molecule has 0 spiro atoms. The van der Waals surface area contributed by atoms with Crippen molar-refractivity contribution < 1.29 is 14.3 Å². The highest BCUT2D eigenvalue weighted by Crippen LogP contribution is 2.27. The Balaban J connectivity index is 2.09. The lowest BCUT2D eigenvalue weighted by molar-refractivity contribution is -0.111. The van der Waals surface area contributed by atoms with Crippen LogP contribution in [0.3, 0.4) is 0 Å². The minimum atomic E-state index is -0.214. The van der Waals surface area contributed by atoms with Gasteiger partial charge < -0.3 is 14.8 Å². The Bertz CT molecular complexity index is 906. The zero-order valence-electron chi connectivity index (χ0n) is 16.4. The van der Waals surface area contributed by atoms with E-state index in [0.29, 0.717) is 17.9 Å².